The van der Waals surface area contributed by atoms with Crippen molar-refractivity contribution in [3.63, 3.8) is 0 Å². The Kier molecular flexibility index (Phi) is 6.25. The number of benzene rings is 1. The largest absolute Gasteiger partial charge is 0.494 e. The van der Waals surface area contributed by atoms with Crippen LogP contribution in [0.3, 0.4) is 0 Å². The summed E-state index contributed by atoms with van der Waals surface area (Å²) >= 11 is 0. The van der Waals surface area contributed by atoms with E-state index in [-0.39, 0.29) is 23.6 Å². The van der Waals surface area contributed by atoms with E-state index in [9.17, 15) is 14.4 Å². The van der Waals surface area contributed by atoms with E-state index in [0.717, 1.165) is 19.3 Å². The Morgan fingerprint density at radius 1 is 1.11 bits per heavy atom. The number of aryl methyl sites for hydroxylation is 1. The van der Waals surface area contributed by atoms with Crippen LogP contribution in [-0.4, -0.2) is 34.8 Å². The van der Waals surface area contributed by atoms with E-state index in [1.54, 1.807) is 24.3 Å². The summed E-state index contributed by atoms with van der Waals surface area (Å²) in [5.41, 5.74) is 4.38. The number of hydrazine groups is 1. The first-order chi connectivity index (χ1) is 13.6. The highest BCUT2D eigenvalue weighted by molar-refractivity contribution is 6.05. The van der Waals surface area contributed by atoms with Crippen molar-refractivity contribution in [2.75, 3.05) is 13.2 Å². The second-order valence-corrected chi connectivity index (χ2v) is 6.24. The number of hydrogen-bond acceptors (Lipinski definition) is 6. The second-order valence-electron chi connectivity index (χ2n) is 6.24. The lowest BCUT2D eigenvalue weighted by Gasteiger charge is -2.15. The van der Waals surface area contributed by atoms with Gasteiger partial charge in [-0.2, -0.15) is 5.10 Å². The van der Waals surface area contributed by atoms with Gasteiger partial charge in [0.25, 0.3) is 11.5 Å². The third-order valence-electron chi connectivity index (χ3n) is 4.22. The third kappa shape index (κ3) is 4.30. The molecule has 2 aromatic rings. The lowest BCUT2D eigenvalue weighted by atomic mass is 10.1. The summed E-state index contributed by atoms with van der Waals surface area (Å²) in [6, 6.07) is 6.76. The Morgan fingerprint density at radius 2 is 1.86 bits per heavy atom. The molecule has 0 atom stereocenters. The van der Waals surface area contributed by atoms with Gasteiger partial charge in [-0.25, -0.2) is 4.68 Å². The van der Waals surface area contributed by atoms with Crippen LogP contribution in [0.15, 0.2) is 41.1 Å². The average Bonchev–Trinajstić information content (AvgIpc) is 2.74. The number of carbonyl (C=O) groups excluding carboxylic acids is 2. The molecule has 0 fully saturated rings. The van der Waals surface area contributed by atoms with Crippen LogP contribution in [0.5, 0.6) is 0 Å². The smallest absolute Gasteiger partial charge is 0.308 e. The summed E-state index contributed by atoms with van der Waals surface area (Å²) in [6.45, 7) is 3.09. The molecule has 2 amide bonds. The van der Waals surface area contributed by atoms with Gasteiger partial charge in [-0.15, -0.1) is 0 Å². The topological polar surface area (TPSA) is 112 Å². The Hall–Kier alpha value is -3.36. The molecule has 0 saturated carbocycles. The minimum Gasteiger partial charge on any atom is -0.494 e. The van der Waals surface area contributed by atoms with Crippen molar-refractivity contribution < 1.29 is 19.1 Å². The molecule has 148 valence electrons. The summed E-state index contributed by atoms with van der Waals surface area (Å²) in [4.78, 5) is 37.3. The van der Waals surface area contributed by atoms with Crippen molar-refractivity contribution in [1.29, 1.82) is 0 Å². The minimum atomic E-state index is -0.645. The molecular weight excluding hydrogens is 364 g/mol. The van der Waals surface area contributed by atoms with E-state index in [2.05, 4.69) is 22.9 Å². The van der Waals surface area contributed by atoms with Crippen LogP contribution < -0.4 is 16.4 Å². The molecule has 0 aliphatic carbocycles. The maximum atomic E-state index is 12.6. The first-order valence-electron chi connectivity index (χ1n) is 9.17. The van der Waals surface area contributed by atoms with Crippen LogP contribution in [0.25, 0.3) is 10.8 Å². The first-order valence-corrected chi connectivity index (χ1v) is 9.17. The van der Waals surface area contributed by atoms with Gasteiger partial charge in [0.05, 0.1) is 5.39 Å². The van der Waals surface area contributed by atoms with E-state index < -0.39 is 11.8 Å². The third-order valence-corrected chi connectivity index (χ3v) is 4.22. The fourth-order valence-electron chi connectivity index (χ4n) is 2.79. The summed E-state index contributed by atoms with van der Waals surface area (Å²) < 4.78 is 11.5. The number of carbonyl (C=O) groups is 2. The van der Waals surface area contributed by atoms with Crippen molar-refractivity contribution in [3.8, 4) is 0 Å². The van der Waals surface area contributed by atoms with E-state index in [4.69, 9.17) is 9.47 Å². The van der Waals surface area contributed by atoms with Crippen molar-refractivity contribution in [2.24, 2.45) is 0 Å². The van der Waals surface area contributed by atoms with E-state index in [0.29, 0.717) is 23.9 Å². The van der Waals surface area contributed by atoms with E-state index in [1.807, 2.05) is 0 Å². The summed E-state index contributed by atoms with van der Waals surface area (Å²) in [6.07, 6.45) is 3.93. The lowest BCUT2D eigenvalue weighted by molar-refractivity contribution is -0.123. The van der Waals surface area contributed by atoms with Gasteiger partial charge >= 0.3 is 5.91 Å². The zero-order valence-corrected chi connectivity index (χ0v) is 15.6. The highest BCUT2D eigenvalue weighted by atomic mass is 16.6. The Balaban J connectivity index is 1.83. The Morgan fingerprint density at radius 3 is 2.57 bits per heavy atom. The molecule has 1 aromatic carbocycles. The van der Waals surface area contributed by atoms with Crippen LogP contribution in [0, 0.1) is 0 Å². The zero-order chi connectivity index (χ0) is 19.9. The maximum absolute atomic E-state index is 12.6. The SMILES string of the molecule is CCCCCn1nc(C(=O)NNC(=O)C2=COCCO2)c2ccccc2c1=O. The fraction of sp³-hybridized carbons (Fsp3) is 0.368. The van der Waals surface area contributed by atoms with Crippen LogP contribution >= 0.6 is 0 Å². The minimum absolute atomic E-state index is 0.0334. The van der Waals surface area contributed by atoms with Crippen LogP contribution in [0.4, 0.5) is 0 Å². The molecule has 9 heteroatoms. The van der Waals surface area contributed by atoms with Crippen molar-refractivity contribution >= 4 is 22.6 Å². The monoisotopic (exact) mass is 386 g/mol. The summed E-state index contributed by atoms with van der Waals surface area (Å²) in [7, 11) is 0. The van der Waals surface area contributed by atoms with Gasteiger partial charge in [-0.3, -0.25) is 25.2 Å². The molecule has 2 heterocycles. The van der Waals surface area contributed by atoms with Gasteiger partial charge in [0, 0.05) is 11.9 Å². The molecule has 1 aromatic heterocycles. The number of fused-ring (bicyclic) bond motifs is 1. The van der Waals surface area contributed by atoms with Gasteiger partial charge in [0.15, 0.2) is 5.69 Å². The molecule has 2 N–H and O–H groups in total. The molecule has 0 radical (unpaired) electrons. The van der Waals surface area contributed by atoms with Crippen molar-refractivity contribution in [3.05, 3.63) is 52.3 Å². The van der Waals surface area contributed by atoms with Crippen LogP contribution in [0.2, 0.25) is 0 Å². The van der Waals surface area contributed by atoms with Gasteiger partial charge < -0.3 is 9.47 Å². The highest BCUT2D eigenvalue weighted by Gasteiger charge is 2.19. The van der Waals surface area contributed by atoms with Crippen molar-refractivity contribution in [1.82, 2.24) is 20.6 Å². The zero-order valence-electron chi connectivity index (χ0n) is 15.6. The molecule has 1 aliphatic heterocycles. The van der Waals surface area contributed by atoms with Crippen molar-refractivity contribution in [2.45, 2.75) is 32.7 Å². The first kappa shape index (κ1) is 19.4. The Labute approximate surface area is 161 Å². The van der Waals surface area contributed by atoms with Gasteiger partial charge in [0.2, 0.25) is 5.76 Å². The Bertz CT molecular complexity index is 966. The predicted octanol–water partition coefficient (Wildman–Crippen LogP) is 1.24. The fourth-order valence-corrected chi connectivity index (χ4v) is 2.79. The highest BCUT2D eigenvalue weighted by Crippen LogP contribution is 2.13. The molecule has 0 unspecified atom stereocenters. The van der Waals surface area contributed by atoms with Gasteiger partial charge in [0.1, 0.15) is 19.5 Å². The molecule has 28 heavy (non-hydrogen) atoms. The summed E-state index contributed by atoms with van der Waals surface area (Å²) in [5, 5.41) is 5.05. The molecule has 1 aliphatic rings. The van der Waals surface area contributed by atoms with Gasteiger partial charge in [-0.1, -0.05) is 38.0 Å². The molecule has 0 bridgehead atoms. The number of unbranched alkanes of at least 4 members (excludes halogenated alkanes) is 2. The number of aromatic nitrogens is 2. The second kappa shape index (κ2) is 9.03. The number of nitrogens with zero attached hydrogens (tertiary/aromatic N) is 2. The van der Waals surface area contributed by atoms with Crippen LogP contribution in [0.1, 0.15) is 36.7 Å². The number of ether oxygens (including phenoxy) is 2. The molecule has 9 nitrogen and oxygen atoms in total. The quantitative estimate of drug-likeness (QED) is 0.571. The van der Waals surface area contributed by atoms with E-state index >= 15 is 0 Å². The molecule has 0 saturated heterocycles. The number of nitrogens with one attached hydrogen (secondary N) is 2. The van der Waals surface area contributed by atoms with E-state index in [1.165, 1.54) is 10.9 Å². The number of rotatable bonds is 6. The van der Waals surface area contributed by atoms with Crippen LogP contribution in [-0.2, 0) is 20.8 Å². The predicted molar refractivity (Wildman–Crippen MR) is 101 cm³/mol. The lowest BCUT2D eigenvalue weighted by Crippen LogP contribution is -2.44. The maximum Gasteiger partial charge on any atom is 0.308 e. The number of amides is 2. The average molecular weight is 386 g/mol. The molecule has 0 spiro atoms. The number of hydrogen-bond donors (Lipinski definition) is 2. The summed E-state index contributed by atoms with van der Waals surface area (Å²) in [5.74, 6) is -1.31. The normalized spacial score (nSPS) is 13.2. The standard InChI is InChI=1S/C19H22N4O5/c1-2-3-6-9-23-19(26)14-8-5-4-7-13(14)16(22-23)18(25)21-20-17(24)15-12-27-10-11-28-15/h4-5,7-8,12H,2-3,6,9-11H2,1H3,(H,20,24)(H,21,25). The molecular formula is C19H22N4O5. The van der Waals surface area contributed by atoms with Gasteiger partial charge in [-0.05, 0) is 12.5 Å². The molecule has 3 rings (SSSR count).